The van der Waals surface area contributed by atoms with Crippen LogP contribution in [0.4, 0.5) is 0 Å². The molecule has 21 heavy (non-hydrogen) atoms. The van der Waals surface area contributed by atoms with Crippen LogP contribution in [-0.2, 0) is 13.2 Å². The molecule has 2 N–H and O–H groups in total. The Labute approximate surface area is 124 Å². The molecule has 0 bridgehead atoms. The van der Waals surface area contributed by atoms with Crippen LogP contribution in [0.5, 0.6) is 5.75 Å². The molecule has 2 heterocycles. The summed E-state index contributed by atoms with van der Waals surface area (Å²) in [4.78, 5) is 16.6. The summed E-state index contributed by atoms with van der Waals surface area (Å²) in [7, 11) is 0. The van der Waals surface area contributed by atoms with Gasteiger partial charge in [0, 0.05) is 18.3 Å². The second-order valence-electron chi connectivity index (χ2n) is 4.57. The van der Waals surface area contributed by atoms with Crippen molar-refractivity contribution in [2.75, 3.05) is 0 Å². The zero-order valence-electron chi connectivity index (χ0n) is 11.4. The van der Waals surface area contributed by atoms with Crippen LogP contribution < -0.4 is 16.0 Å². The summed E-state index contributed by atoms with van der Waals surface area (Å²) in [5.74, 6) is 0.730. The van der Waals surface area contributed by atoms with Crippen LogP contribution in [0.2, 0.25) is 0 Å². The molecular formula is C14H14N4O2S. The van der Waals surface area contributed by atoms with Gasteiger partial charge in [0.05, 0.1) is 0 Å². The van der Waals surface area contributed by atoms with Gasteiger partial charge in [0.15, 0.2) is 5.01 Å². The second-order valence-corrected chi connectivity index (χ2v) is 5.61. The fourth-order valence-corrected chi connectivity index (χ4v) is 2.78. The molecule has 3 aromatic rings. The van der Waals surface area contributed by atoms with Gasteiger partial charge >= 0.3 is 0 Å². The van der Waals surface area contributed by atoms with Crippen LogP contribution in [0.3, 0.4) is 0 Å². The standard InChI is InChI=1S/C14H14N4O2S/c1-9-5-13(19)18-14(16-9)21-12(17-18)8-20-11-4-2-3-10(6-11)7-15/h2-6H,7-8,15H2,1H3. The monoisotopic (exact) mass is 302 g/mol. The molecule has 1 aromatic carbocycles. The van der Waals surface area contributed by atoms with Crippen molar-refractivity contribution < 1.29 is 4.74 Å². The predicted molar refractivity (Wildman–Crippen MR) is 80.5 cm³/mol. The van der Waals surface area contributed by atoms with Gasteiger partial charge in [-0.3, -0.25) is 4.79 Å². The van der Waals surface area contributed by atoms with Gasteiger partial charge in [-0.2, -0.15) is 9.61 Å². The Bertz CT molecular complexity index is 840. The quantitative estimate of drug-likeness (QED) is 0.789. The summed E-state index contributed by atoms with van der Waals surface area (Å²) < 4.78 is 6.98. The van der Waals surface area contributed by atoms with E-state index in [9.17, 15) is 4.79 Å². The highest BCUT2D eigenvalue weighted by Crippen LogP contribution is 2.17. The van der Waals surface area contributed by atoms with E-state index in [1.165, 1.54) is 21.9 Å². The lowest BCUT2D eigenvalue weighted by Crippen LogP contribution is -2.14. The summed E-state index contributed by atoms with van der Waals surface area (Å²) in [6.45, 7) is 2.55. The molecule has 7 heteroatoms. The first-order valence-corrected chi connectivity index (χ1v) is 7.25. The van der Waals surface area contributed by atoms with E-state index in [-0.39, 0.29) is 5.56 Å². The molecule has 0 fully saturated rings. The van der Waals surface area contributed by atoms with Gasteiger partial charge in [0.1, 0.15) is 12.4 Å². The number of aryl methyl sites for hydroxylation is 1. The second kappa shape index (κ2) is 5.63. The highest BCUT2D eigenvalue weighted by Gasteiger charge is 2.08. The van der Waals surface area contributed by atoms with Crippen LogP contribution in [-0.4, -0.2) is 14.6 Å². The SMILES string of the molecule is Cc1cc(=O)n2nc(COc3cccc(CN)c3)sc2n1. The number of hydrogen-bond acceptors (Lipinski definition) is 6. The average molecular weight is 302 g/mol. The summed E-state index contributed by atoms with van der Waals surface area (Å²) >= 11 is 1.35. The van der Waals surface area contributed by atoms with Gasteiger partial charge in [-0.15, -0.1) is 0 Å². The number of hydrogen-bond donors (Lipinski definition) is 1. The number of aromatic nitrogens is 3. The molecule has 2 aromatic heterocycles. The highest BCUT2D eigenvalue weighted by atomic mass is 32.1. The van der Waals surface area contributed by atoms with E-state index < -0.39 is 0 Å². The topological polar surface area (TPSA) is 82.5 Å². The van der Waals surface area contributed by atoms with E-state index >= 15 is 0 Å². The van der Waals surface area contributed by atoms with Crippen molar-refractivity contribution in [3.05, 3.63) is 57.0 Å². The van der Waals surface area contributed by atoms with Crippen molar-refractivity contribution in [1.82, 2.24) is 14.6 Å². The van der Waals surface area contributed by atoms with Gasteiger partial charge in [-0.25, -0.2) is 4.98 Å². The third-order valence-electron chi connectivity index (χ3n) is 2.91. The largest absolute Gasteiger partial charge is 0.486 e. The highest BCUT2D eigenvalue weighted by molar-refractivity contribution is 7.16. The smallest absolute Gasteiger partial charge is 0.275 e. The van der Waals surface area contributed by atoms with Crippen molar-refractivity contribution in [1.29, 1.82) is 0 Å². The van der Waals surface area contributed by atoms with Crippen LogP contribution in [0, 0.1) is 6.92 Å². The van der Waals surface area contributed by atoms with Crippen LogP contribution in [0.15, 0.2) is 35.1 Å². The Morgan fingerprint density at radius 1 is 1.38 bits per heavy atom. The molecule has 0 amide bonds. The van der Waals surface area contributed by atoms with Gasteiger partial charge in [0.2, 0.25) is 4.96 Å². The van der Waals surface area contributed by atoms with Crippen LogP contribution >= 0.6 is 11.3 Å². The Morgan fingerprint density at radius 3 is 3.05 bits per heavy atom. The molecule has 0 saturated heterocycles. The Kier molecular flexibility index (Phi) is 3.68. The van der Waals surface area contributed by atoms with Gasteiger partial charge < -0.3 is 10.5 Å². The normalized spacial score (nSPS) is 11.0. The molecule has 0 atom stereocenters. The molecule has 0 aliphatic heterocycles. The molecule has 6 nitrogen and oxygen atoms in total. The number of fused-ring (bicyclic) bond motifs is 1. The minimum absolute atomic E-state index is 0.176. The van der Waals surface area contributed by atoms with Crippen LogP contribution in [0.25, 0.3) is 4.96 Å². The summed E-state index contributed by atoms with van der Waals surface area (Å²) in [6.07, 6.45) is 0. The predicted octanol–water partition coefficient (Wildman–Crippen LogP) is 1.50. The van der Waals surface area contributed by atoms with E-state index in [0.29, 0.717) is 28.8 Å². The molecule has 3 rings (SSSR count). The molecule has 0 aliphatic rings. The van der Waals surface area contributed by atoms with Gasteiger partial charge in [0.25, 0.3) is 5.56 Å². The number of nitrogens with two attached hydrogens (primary N) is 1. The van der Waals surface area contributed by atoms with E-state index in [1.807, 2.05) is 24.3 Å². The van der Waals surface area contributed by atoms with Crippen molar-refractivity contribution in [2.45, 2.75) is 20.1 Å². The van der Waals surface area contributed by atoms with Gasteiger partial charge in [-0.05, 0) is 24.6 Å². The third kappa shape index (κ3) is 2.93. The number of nitrogens with zero attached hydrogens (tertiary/aromatic N) is 3. The maximum atomic E-state index is 11.8. The molecule has 0 spiro atoms. The first-order valence-electron chi connectivity index (χ1n) is 6.44. The first kappa shape index (κ1) is 13.7. The average Bonchev–Trinajstić information content (AvgIpc) is 2.88. The molecule has 0 radical (unpaired) electrons. The zero-order valence-corrected chi connectivity index (χ0v) is 12.3. The lowest BCUT2D eigenvalue weighted by atomic mass is 10.2. The fourth-order valence-electron chi connectivity index (χ4n) is 1.93. The third-order valence-corrected chi connectivity index (χ3v) is 3.79. The van der Waals surface area contributed by atoms with E-state index in [0.717, 1.165) is 11.3 Å². The number of ether oxygens (including phenoxy) is 1. The first-order chi connectivity index (χ1) is 10.2. The van der Waals surface area contributed by atoms with Crippen molar-refractivity contribution in [3.8, 4) is 5.75 Å². The lowest BCUT2D eigenvalue weighted by Gasteiger charge is -2.04. The number of benzene rings is 1. The molecule has 0 aliphatic carbocycles. The van der Waals surface area contributed by atoms with E-state index in [4.69, 9.17) is 10.5 Å². The minimum atomic E-state index is -0.176. The summed E-state index contributed by atoms with van der Waals surface area (Å²) in [5, 5.41) is 4.92. The fraction of sp³-hybridized carbons (Fsp3) is 0.214. The molecule has 0 unspecified atom stereocenters. The summed E-state index contributed by atoms with van der Waals surface area (Å²) in [6, 6.07) is 9.05. The van der Waals surface area contributed by atoms with Gasteiger partial charge in [-0.1, -0.05) is 23.5 Å². The van der Waals surface area contributed by atoms with Crippen molar-refractivity contribution in [3.63, 3.8) is 0 Å². The van der Waals surface area contributed by atoms with E-state index in [1.54, 1.807) is 6.92 Å². The molecular weight excluding hydrogens is 288 g/mol. The van der Waals surface area contributed by atoms with Crippen LogP contribution in [0.1, 0.15) is 16.3 Å². The lowest BCUT2D eigenvalue weighted by molar-refractivity contribution is 0.303. The maximum absolute atomic E-state index is 11.8. The molecule has 0 saturated carbocycles. The Balaban J connectivity index is 1.82. The Hall–Kier alpha value is -2.25. The number of rotatable bonds is 4. The minimum Gasteiger partial charge on any atom is -0.486 e. The summed E-state index contributed by atoms with van der Waals surface area (Å²) in [5.41, 5.74) is 7.11. The maximum Gasteiger partial charge on any atom is 0.275 e. The molecule has 108 valence electrons. The Morgan fingerprint density at radius 2 is 2.24 bits per heavy atom. The van der Waals surface area contributed by atoms with E-state index in [2.05, 4.69) is 10.1 Å². The van der Waals surface area contributed by atoms with Crippen molar-refractivity contribution >= 4 is 16.3 Å². The van der Waals surface area contributed by atoms with Crippen molar-refractivity contribution in [2.24, 2.45) is 5.73 Å². The zero-order chi connectivity index (χ0) is 14.8.